The molecule has 0 unspecified atom stereocenters. The van der Waals surface area contributed by atoms with Crippen LogP contribution in [0.2, 0.25) is 0 Å². The van der Waals surface area contributed by atoms with Crippen molar-refractivity contribution in [3.05, 3.63) is 42.0 Å². The van der Waals surface area contributed by atoms with Crippen molar-refractivity contribution in [3.8, 4) is 17.1 Å². The lowest BCUT2D eigenvalue weighted by atomic mass is 10.1. The molecule has 1 aromatic carbocycles. The highest BCUT2D eigenvalue weighted by Crippen LogP contribution is 2.19. The second-order valence-corrected chi connectivity index (χ2v) is 8.01. The summed E-state index contributed by atoms with van der Waals surface area (Å²) in [6, 6.07) is 10.6. The van der Waals surface area contributed by atoms with E-state index in [1.807, 2.05) is 13.0 Å². The Bertz CT molecular complexity index is 834. The van der Waals surface area contributed by atoms with Crippen molar-refractivity contribution in [2.45, 2.75) is 6.92 Å². The lowest BCUT2D eigenvalue weighted by Gasteiger charge is -2.26. The number of sulfone groups is 1. The average molecular weight is 361 g/mol. The topological polar surface area (TPSA) is 89.5 Å². The molecule has 1 amide bonds. The number of benzene rings is 1. The fourth-order valence-corrected chi connectivity index (χ4v) is 3.78. The predicted octanol–water partition coefficient (Wildman–Crippen LogP) is 1.41. The van der Waals surface area contributed by atoms with E-state index in [2.05, 4.69) is 10.2 Å². The highest BCUT2D eigenvalue weighted by molar-refractivity contribution is 7.91. The van der Waals surface area contributed by atoms with Crippen molar-refractivity contribution in [2.24, 2.45) is 0 Å². The lowest BCUT2D eigenvalue weighted by Crippen LogP contribution is -2.43. The van der Waals surface area contributed by atoms with Crippen LogP contribution in [-0.2, 0) is 9.84 Å². The maximum Gasteiger partial charge on any atom is 0.253 e. The van der Waals surface area contributed by atoms with Gasteiger partial charge in [-0.25, -0.2) is 8.42 Å². The standard InChI is InChI=1S/C17H19N3O4S/c1-2-24-16-8-7-15(18-19-16)13-3-5-14(6-4-13)17(21)20-9-11-25(22,23)12-10-20/h3-8H,2,9-12H2,1H3. The predicted molar refractivity (Wildman–Crippen MR) is 93.2 cm³/mol. The van der Waals surface area contributed by atoms with Gasteiger partial charge in [0.05, 0.1) is 23.8 Å². The van der Waals surface area contributed by atoms with E-state index in [4.69, 9.17) is 4.74 Å². The Morgan fingerprint density at radius 2 is 1.76 bits per heavy atom. The van der Waals surface area contributed by atoms with Gasteiger partial charge >= 0.3 is 0 Å². The lowest BCUT2D eigenvalue weighted by molar-refractivity contribution is 0.0770. The Balaban J connectivity index is 1.70. The van der Waals surface area contributed by atoms with E-state index in [1.165, 1.54) is 0 Å². The largest absolute Gasteiger partial charge is 0.477 e. The zero-order valence-electron chi connectivity index (χ0n) is 13.9. The minimum Gasteiger partial charge on any atom is -0.477 e. The molecule has 2 aromatic rings. The number of hydrogen-bond donors (Lipinski definition) is 0. The van der Waals surface area contributed by atoms with Gasteiger partial charge in [-0.05, 0) is 25.1 Å². The van der Waals surface area contributed by atoms with E-state index >= 15 is 0 Å². The first-order chi connectivity index (χ1) is 12.0. The molecule has 0 saturated carbocycles. The number of hydrogen-bond acceptors (Lipinski definition) is 6. The SMILES string of the molecule is CCOc1ccc(-c2ccc(C(=O)N3CCS(=O)(=O)CC3)cc2)nn1. The van der Waals surface area contributed by atoms with E-state index in [0.29, 0.717) is 23.7 Å². The number of aromatic nitrogens is 2. The van der Waals surface area contributed by atoms with Crippen molar-refractivity contribution in [3.63, 3.8) is 0 Å². The van der Waals surface area contributed by atoms with Gasteiger partial charge in [0.15, 0.2) is 9.84 Å². The van der Waals surface area contributed by atoms with Crippen LogP contribution in [0.25, 0.3) is 11.3 Å². The Morgan fingerprint density at radius 1 is 1.08 bits per heavy atom. The van der Waals surface area contributed by atoms with Crippen molar-refractivity contribution >= 4 is 15.7 Å². The molecule has 1 saturated heterocycles. The fourth-order valence-electron chi connectivity index (χ4n) is 2.58. The van der Waals surface area contributed by atoms with E-state index in [0.717, 1.165) is 5.56 Å². The fraction of sp³-hybridized carbons (Fsp3) is 0.353. The minimum atomic E-state index is -3.00. The summed E-state index contributed by atoms with van der Waals surface area (Å²) in [5, 5.41) is 8.10. The Hall–Kier alpha value is -2.48. The van der Waals surface area contributed by atoms with Crippen molar-refractivity contribution < 1.29 is 17.9 Å². The highest BCUT2D eigenvalue weighted by atomic mass is 32.2. The molecule has 3 rings (SSSR count). The smallest absolute Gasteiger partial charge is 0.253 e. The van der Waals surface area contributed by atoms with Crippen LogP contribution in [-0.4, -0.2) is 60.6 Å². The number of amides is 1. The van der Waals surface area contributed by atoms with Gasteiger partial charge in [0.25, 0.3) is 5.91 Å². The summed E-state index contributed by atoms with van der Waals surface area (Å²) >= 11 is 0. The second-order valence-electron chi connectivity index (χ2n) is 5.71. The molecule has 0 atom stereocenters. The quantitative estimate of drug-likeness (QED) is 0.818. The first-order valence-corrected chi connectivity index (χ1v) is 9.87. The third-order valence-electron chi connectivity index (χ3n) is 3.99. The van der Waals surface area contributed by atoms with Crippen LogP contribution in [0.5, 0.6) is 5.88 Å². The molecule has 1 aliphatic rings. The zero-order chi connectivity index (χ0) is 17.9. The Kier molecular flexibility index (Phi) is 4.98. The maximum absolute atomic E-state index is 12.5. The minimum absolute atomic E-state index is 0.0264. The van der Waals surface area contributed by atoms with Gasteiger partial charge < -0.3 is 9.64 Å². The van der Waals surface area contributed by atoms with Crippen LogP contribution in [0, 0.1) is 0 Å². The molecular weight excluding hydrogens is 342 g/mol. The van der Waals surface area contributed by atoms with Crippen LogP contribution in [0.3, 0.4) is 0 Å². The van der Waals surface area contributed by atoms with E-state index < -0.39 is 9.84 Å². The van der Waals surface area contributed by atoms with Gasteiger partial charge in [-0.1, -0.05) is 12.1 Å². The van der Waals surface area contributed by atoms with Gasteiger partial charge in [-0.15, -0.1) is 10.2 Å². The first kappa shape index (κ1) is 17.3. The molecule has 0 radical (unpaired) electrons. The average Bonchev–Trinajstić information content (AvgIpc) is 2.62. The summed E-state index contributed by atoms with van der Waals surface area (Å²) in [6.07, 6.45) is 0. The zero-order valence-corrected chi connectivity index (χ0v) is 14.7. The molecule has 8 heteroatoms. The third kappa shape index (κ3) is 4.14. The van der Waals surface area contributed by atoms with Crippen molar-refractivity contribution in [2.75, 3.05) is 31.2 Å². The highest BCUT2D eigenvalue weighted by Gasteiger charge is 2.25. The van der Waals surface area contributed by atoms with Crippen LogP contribution in [0.1, 0.15) is 17.3 Å². The normalized spacial score (nSPS) is 16.4. The molecule has 25 heavy (non-hydrogen) atoms. The number of ether oxygens (including phenoxy) is 1. The molecule has 7 nitrogen and oxygen atoms in total. The van der Waals surface area contributed by atoms with E-state index in [1.54, 1.807) is 35.2 Å². The van der Waals surface area contributed by atoms with Crippen LogP contribution in [0.15, 0.2) is 36.4 Å². The Morgan fingerprint density at radius 3 is 2.32 bits per heavy atom. The summed E-state index contributed by atoms with van der Waals surface area (Å²) < 4.78 is 28.2. The summed E-state index contributed by atoms with van der Waals surface area (Å²) in [7, 11) is -3.00. The van der Waals surface area contributed by atoms with Crippen molar-refractivity contribution in [1.29, 1.82) is 0 Å². The van der Waals surface area contributed by atoms with E-state index in [9.17, 15) is 13.2 Å². The van der Waals surface area contributed by atoms with E-state index in [-0.39, 0.29) is 30.5 Å². The van der Waals surface area contributed by atoms with Crippen LogP contribution >= 0.6 is 0 Å². The molecule has 1 aromatic heterocycles. The number of rotatable bonds is 4. The van der Waals surface area contributed by atoms with Gasteiger partial charge in [0.1, 0.15) is 0 Å². The molecule has 132 valence electrons. The first-order valence-electron chi connectivity index (χ1n) is 8.05. The van der Waals surface area contributed by atoms with Gasteiger partial charge in [-0.2, -0.15) is 0 Å². The second kappa shape index (κ2) is 7.18. The van der Waals surface area contributed by atoms with Gasteiger partial charge in [-0.3, -0.25) is 4.79 Å². The van der Waals surface area contributed by atoms with Gasteiger partial charge in [0, 0.05) is 30.3 Å². The molecule has 0 spiro atoms. The third-order valence-corrected chi connectivity index (χ3v) is 5.60. The Labute approximate surface area is 146 Å². The number of carbonyl (C=O) groups is 1. The summed E-state index contributed by atoms with van der Waals surface area (Å²) in [6.45, 7) is 2.90. The van der Waals surface area contributed by atoms with Crippen LogP contribution in [0.4, 0.5) is 0 Å². The molecule has 0 N–H and O–H groups in total. The summed E-state index contributed by atoms with van der Waals surface area (Å²) in [5.41, 5.74) is 2.06. The van der Waals surface area contributed by atoms with Gasteiger partial charge in [0.2, 0.25) is 5.88 Å². The molecule has 2 heterocycles. The molecule has 1 aliphatic heterocycles. The maximum atomic E-state index is 12.5. The van der Waals surface area contributed by atoms with Crippen molar-refractivity contribution in [1.82, 2.24) is 15.1 Å². The molecule has 0 bridgehead atoms. The summed E-state index contributed by atoms with van der Waals surface area (Å²) in [5.74, 6) is 0.370. The molecule has 0 aliphatic carbocycles. The van der Waals surface area contributed by atoms with Crippen LogP contribution < -0.4 is 4.74 Å². The summed E-state index contributed by atoms with van der Waals surface area (Å²) in [4.78, 5) is 14.0. The number of nitrogens with zero attached hydrogens (tertiary/aromatic N) is 3. The number of carbonyl (C=O) groups excluding carboxylic acids is 1. The molecule has 1 fully saturated rings. The monoisotopic (exact) mass is 361 g/mol. The molecular formula is C17H19N3O4S.